The van der Waals surface area contributed by atoms with Gasteiger partial charge < -0.3 is 9.25 Å². The Morgan fingerprint density at radius 2 is 1.85 bits per heavy atom. The molecule has 2 aliphatic carbocycles. The molecule has 0 spiro atoms. The molecule has 1 aromatic rings. The molecular formula is C14H11NO5. The molecule has 0 radical (unpaired) electrons. The first-order chi connectivity index (χ1) is 9.66. The van der Waals surface area contributed by atoms with Crippen LogP contribution >= 0.6 is 0 Å². The van der Waals surface area contributed by atoms with Crippen LogP contribution in [0.25, 0.3) is 0 Å². The summed E-state index contributed by atoms with van der Waals surface area (Å²) in [6.07, 6.45) is 6.12. The molecule has 0 aromatic carbocycles. The maximum Gasteiger partial charge on any atom is 0.398 e. The van der Waals surface area contributed by atoms with Crippen molar-refractivity contribution in [3.05, 3.63) is 36.3 Å². The van der Waals surface area contributed by atoms with Crippen LogP contribution in [0.5, 0.6) is 0 Å². The van der Waals surface area contributed by atoms with Gasteiger partial charge in [0.1, 0.15) is 0 Å². The van der Waals surface area contributed by atoms with Crippen molar-refractivity contribution in [3.63, 3.8) is 0 Å². The van der Waals surface area contributed by atoms with Crippen LogP contribution in [-0.4, -0.2) is 22.8 Å². The van der Waals surface area contributed by atoms with Gasteiger partial charge in [0.05, 0.1) is 18.1 Å². The number of carbonyl (C=O) groups excluding carboxylic acids is 3. The molecule has 1 saturated heterocycles. The van der Waals surface area contributed by atoms with E-state index in [2.05, 4.69) is 0 Å². The minimum atomic E-state index is -0.836. The van der Waals surface area contributed by atoms with Crippen molar-refractivity contribution in [2.24, 2.45) is 23.7 Å². The van der Waals surface area contributed by atoms with Gasteiger partial charge in [0.15, 0.2) is 0 Å². The standard InChI is InChI=1S/C14H11NO5/c16-12-10-7-3-4-8(6-7)11(10)13(17)15(12)20-14(18)9-2-1-5-19-9/h1-5,7-8,10-11H,6H2. The number of allylic oxidation sites excluding steroid dienone is 2. The third kappa shape index (κ3) is 1.36. The molecule has 1 aliphatic heterocycles. The van der Waals surface area contributed by atoms with Crippen LogP contribution in [-0.2, 0) is 14.4 Å². The second kappa shape index (κ2) is 3.82. The molecular weight excluding hydrogens is 262 g/mol. The van der Waals surface area contributed by atoms with E-state index in [4.69, 9.17) is 9.25 Å². The van der Waals surface area contributed by atoms with E-state index in [1.807, 2.05) is 12.2 Å². The number of imide groups is 1. The predicted molar refractivity (Wildman–Crippen MR) is 63.7 cm³/mol. The van der Waals surface area contributed by atoms with E-state index >= 15 is 0 Å². The lowest BCUT2D eigenvalue weighted by Gasteiger charge is -2.14. The Balaban J connectivity index is 1.57. The van der Waals surface area contributed by atoms with Crippen molar-refractivity contribution < 1.29 is 23.6 Å². The SMILES string of the molecule is O=C(ON1C(=O)C2C3C=CC(C3)C2C1=O)c1ccco1. The Morgan fingerprint density at radius 1 is 1.20 bits per heavy atom. The molecule has 1 saturated carbocycles. The highest BCUT2D eigenvalue weighted by Crippen LogP contribution is 2.52. The summed E-state index contributed by atoms with van der Waals surface area (Å²) in [5, 5.41) is 0.617. The van der Waals surface area contributed by atoms with Crippen LogP contribution in [0.4, 0.5) is 0 Å². The monoisotopic (exact) mass is 273 g/mol. The van der Waals surface area contributed by atoms with Gasteiger partial charge in [-0.25, -0.2) is 4.79 Å². The Hall–Kier alpha value is -2.37. The van der Waals surface area contributed by atoms with Gasteiger partial charge >= 0.3 is 5.97 Å². The number of hydrogen-bond donors (Lipinski definition) is 0. The number of amides is 2. The summed E-state index contributed by atoms with van der Waals surface area (Å²) < 4.78 is 4.89. The summed E-state index contributed by atoms with van der Waals surface area (Å²) in [6, 6.07) is 2.95. The predicted octanol–water partition coefficient (Wildman–Crippen LogP) is 1.16. The first-order valence-electron chi connectivity index (χ1n) is 6.49. The van der Waals surface area contributed by atoms with Crippen LogP contribution < -0.4 is 0 Å². The Kier molecular flexibility index (Phi) is 2.19. The lowest BCUT2D eigenvalue weighted by atomic mass is 9.85. The average molecular weight is 273 g/mol. The molecule has 2 heterocycles. The first-order valence-corrected chi connectivity index (χ1v) is 6.49. The fourth-order valence-electron chi connectivity index (χ4n) is 3.49. The Labute approximate surface area is 113 Å². The zero-order valence-corrected chi connectivity index (χ0v) is 10.4. The lowest BCUT2D eigenvalue weighted by molar-refractivity contribution is -0.175. The summed E-state index contributed by atoms with van der Waals surface area (Å²) in [5.41, 5.74) is 0. The molecule has 4 rings (SSSR count). The molecule has 2 fully saturated rings. The van der Waals surface area contributed by atoms with Gasteiger partial charge in [0.2, 0.25) is 5.76 Å². The van der Waals surface area contributed by atoms with Crippen LogP contribution in [0.3, 0.4) is 0 Å². The zero-order valence-electron chi connectivity index (χ0n) is 10.4. The van der Waals surface area contributed by atoms with Gasteiger partial charge in [-0.2, -0.15) is 0 Å². The van der Waals surface area contributed by atoms with Crippen LogP contribution in [0.2, 0.25) is 0 Å². The minimum absolute atomic E-state index is 0.0382. The smallest absolute Gasteiger partial charge is 0.398 e. The minimum Gasteiger partial charge on any atom is -0.457 e. The maximum absolute atomic E-state index is 12.3. The van der Waals surface area contributed by atoms with E-state index in [1.165, 1.54) is 18.4 Å². The zero-order chi connectivity index (χ0) is 13.9. The highest BCUT2D eigenvalue weighted by molar-refractivity contribution is 6.06. The molecule has 1 aromatic heterocycles. The summed E-state index contributed by atoms with van der Waals surface area (Å²) in [6.45, 7) is 0. The topological polar surface area (TPSA) is 76.8 Å². The molecule has 20 heavy (non-hydrogen) atoms. The van der Waals surface area contributed by atoms with Crippen molar-refractivity contribution >= 4 is 17.8 Å². The van der Waals surface area contributed by atoms with Crippen molar-refractivity contribution in [2.75, 3.05) is 0 Å². The second-order valence-corrected chi connectivity index (χ2v) is 5.33. The average Bonchev–Trinajstić information content (AvgIpc) is 3.18. The largest absolute Gasteiger partial charge is 0.457 e. The highest BCUT2D eigenvalue weighted by atomic mass is 16.7. The van der Waals surface area contributed by atoms with Crippen LogP contribution in [0.15, 0.2) is 35.0 Å². The summed E-state index contributed by atoms with van der Waals surface area (Å²) in [5.74, 6) is -2.28. The van der Waals surface area contributed by atoms with Crippen LogP contribution in [0.1, 0.15) is 17.0 Å². The lowest BCUT2D eigenvalue weighted by Crippen LogP contribution is -2.35. The fourth-order valence-corrected chi connectivity index (χ4v) is 3.49. The van der Waals surface area contributed by atoms with Crippen molar-refractivity contribution in [3.8, 4) is 0 Å². The quantitative estimate of drug-likeness (QED) is 0.597. The highest BCUT2D eigenvalue weighted by Gasteiger charge is 2.60. The number of rotatable bonds is 2. The van der Waals surface area contributed by atoms with E-state index in [9.17, 15) is 14.4 Å². The Morgan fingerprint density at radius 3 is 2.40 bits per heavy atom. The number of carbonyl (C=O) groups is 3. The van der Waals surface area contributed by atoms with E-state index < -0.39 is 17.8 Å². The molecule has 0 N–H and O–H groups in total. The third-order valence-corrected chi connectivity index (χ3v) is 4.33. The van der Waals surface area contributed by atoms with Gasteiger partial charge in [0, 0.05) is 0 Å². The molecule has 2 bridgehead atoms. The summed E-state index contributed by atoms with van der Waals surface area (Å²) >= 11 is 0. The van der Waals surface area contributed by atoms with E-state index in [1.54, 1.807) is 0 Å². The van der Waals surface area contributed by atoms with Gasteiger partial charge in [0.25, 0.3) is 11.8 Å². The van der Waals surface area contributed by atoms with Crippen molar-refractivity contribution in [1.82, 2.24) is 5.06 Å². The van der Waals surface area contributed by atoms with E-state index in [0.717, 1.165) is 6.42 Å². The number of fused-ring (bicyclic) bond motifs is 5. The molecule has 4 atom stereocenters. The van der Waals surface area contributed by atoms with Gasteiger partial charge in [-0.1, -0.05) is 12.2 Å². The van der Waals surface area contributed by atoms with E-state index in [0.29, 0.717) is 5.06 Å². The first kappa shape index (κ1) is 11.5. The number of nitrogens with zero attached hydrogens (tertiary/aromatic N) is 1. The number of hydrogen-bond acceptors (Lipinski definition) is 5. The molecule has 2 amide bonds. The molecule has 4 unspecified atom stereocenters. The van der Waals surface area contributed by atoms with Gasteiger partial charge in [-0.05, 0) is 30.4 Å². The fraction of sp³-hybridized carbons (Fsp3) is 0.357. The number of furan rings is 1. The third-order valence-electron chi connectivity index (χ3n) is 4.33. The van der Waals surface area contributed by atoms with Gasteiger partial charge in [-0.3, -0.25) is 9.59 Å². The summed E-state index contributed by atoms with van der Waals surface area (Å²) in [4.78, 5) is 41.2. The molecule has 3 aliphatic rings. The Bertz CT molecular complexity index is 602. The maximum atomic E-state index is 12.3. The number of hydroxylamine groups is 2. The molecule has 6 nitrogen and oxygen atoms in total. The molecule has 6 heteroatoms. The second-order valence-electron chi connectivity index (χ2n) is 5.33. The van der Waals surface area contributed by atoms with Crippen LogP contribution in [0, 0.1) is 23.7 Å². The summed E-state index contributed by atoms with van der Waals surface area (Å²) in [7, 11) is 0. The molecule has 102 valence electrons. The van der Waals surface area contributed by atoms with Gasteiger partial charge in [-0.15, -0.1) is 5.06 Å². The van der Waals surface area contributed by atoms with Crippen molar-refractivity contribution in [2.45, 2.75) is 6.42 Å². The normalized spacial score (nSPS) is 33.9. The van der Waals surface area contributed by atoms with Crippen molar-refractivity contribution in [1.29, 1.82) is 0 Å². The van der Waals surface area contributed by atoms with E-state index in [-0.39, 0.29) is 29.4 Å².